The number of amides is 1. The molecular formula is C19H19BrFNO. The molecule has 1 aliphatic carbocycles. The monoisotopic (exact) mass is 375 g/mol. The minimum atomic E-state index is -0.350. The van der Waals surface area contributed by atoms with Crippen LogP contribution in [0, 0.1) is 5.82 Å². The highest BCUT2D eigenvalue weighted by molar-refractivity contribution is 9.10. The van der Waals surface area contributed by atoms with Gasteiger partial charge in [-0.3, -0.25) is 4.79 Å². The quantitative estimate of drug-likeness (QED) is 0.799. The normalized spacial score (nSPS) is 21.0. The van der Waals surface area contributed by atoms with Crippen molar-refractivity contribution in [3.8, 4) is 0 Å². The van der Waals surface area contributed by atoms with Crippen LogP contribution in [0.1, 0.15) is 47.5 Å². The summed E-state index contributed by atoms with van der Waals surface area (Å²) in [5.74, 6) is 0.0961. The molecule has 4 heteroatoms. The summed E-state index contributed by atoms with van der Waals surface area (Å²) in [4.78, 5) is 12.3. The van der Waals surface area contributed by atoms with Crippen LogP contribution in [0.25, 0.3) is 0 Å². The lowest BCUT2D eigenvalue weighted by atomic mass is 9.82. The van der Waals surface area contributed by atoms with E-state index in [4.69, 9.17) is 0 Å². The van der Waals surface area contributed by atoms with E-state index in [9.17, 15) is 9.18 Å². The number of benzene rings is 2. The highest BCUT2D eigenvalue weighted by atomic mass is 79.9. The van der Waals surface area contributed by atoms with Crippen molar-refractivity contribution >= 4 is 21.8 Å². The molecular weight excluding hydrogens is 357 g/mol. The van der Waals surface area contributed by atoms with E-state index in [0.29, 0.717) is 16.0 Å². The third-order valence-electron chi connectivity index (χ3n) is 4.51. The molecule has 2 aromatic rings. The van der Waals surface area contributed by atoms with Gasteiger partial charge < -0.3 is 5.32 Å². The van der Waals surface area contributed by atoms with Gasteiger partial charge in [-0.2, -0.15) is 0 Å². The number of carbonyl (C=O) groups excluding carboxylic acids is 1. The van der Waals surface area contributed by atoms with Crippen LogP contribution in [0.15, 0.2) is 53.0 Å². The van der Waals surface area contributed by atoms with E-state index in [2.05, 4.69) is 45.5 Å². The summed E-state index contributed by atoms with van der Waals surface area (Å²) in [5.41, 5.74) is 1.87. The number of hydrogen-bond acceptors (Lipinski definition) is 1. The van der Waals surface area contributed by atoms with Crippen molar-refractivity contribution in [2.24, 2.45) is 0 Å². The minimum Gasteiger partial charge on any atom is -0.349 e. The Kier molecular flexibility index (Phi) is 5.11. The molecule has 120 valence electrons. The maximum Gasteiger partial charge on any atom is 0.252 e. The lowest BCUT2D eigenvalue weighted by Crippen LogP contribution is -2.37. The molecule has 23 heavy (non-hydrogen) atoms. The molecule has 2 aromatic carbocycles. The number of hydrogen-bond donors (Lipinski definition) is 1. The van der Waals surface area contributed by atoms with Gasteiger partial charge in [0.15, 0.2) is 0 Å². The van der Waals surface area contributed by atoms with E-state index in [1.165, 1.54) is 23.8 Å². The summed E-state index contributed by atoms with van der Waals surface area (Å²) in [6.45, 7) is 0. The van der Waals surface area contributed by atoms with Gasteiger partial charge in [0, 0.05) is 10.5 Å². The predicted octanol–water partition coefficient (Wildman–Crippen LogP) is 5.04. The van der Waals surface area contributed by atoms with Gasteiger partial charge in [0.2, 0.25) is 0 Å². The second kappa shape index (κ2) is 7.26. The molecule has 1 amide bonds. The topological polar surface area (TPSA) is 29.1 Å². The van der Waals surface area contributed by atoms with Crippen molar-refractivity contribution in [3.05, 3.63) is 69.9 Å². The Morgan fingerprint density at radius 2 is 1.74 bits per heavy atom. The van der Waals surface area contributed by atoms with E-state index in [1.54, 1.807) is 0 Å². The maximum absolute atomic E-state index is 13.1. The van der Waals surface area contributed by atoms with E-state index in [-0.39, 0.29) is 17.8 Å². The summed E-state index contributed by atoms with van der Waals surface area (Å²) < 4.78 is 13.6. The molecule has 1 aliphatic rings. The number of halogens is 2. The van der Waals surface area contributed by atoms with Crippen molar-refractivity contribution in [3.63, 3.8) is 0 Å². The van der Waals surface area contributed by atoms with Crippen molar-refractivity contribution in [2.75, 3.05) is 0 Å². The zero-order chi connectivity index (χ0) is 16.2. The Labute approximate surface area is 144 Å². The first kappa shape index (κ1) is 16.2. The van der Waals surface area contributed by atoms with Gasteiger partial charge in [-0.15, -0.1) is 0 Å². The Balaban J connectivity index is 1.57. The van der Waals surface area contributed by atoms with Crippen molar-refractivity contribution in [1.82, 2.24) is 5.32 Å². The zero-order valence-electron chi connectivity index (χ0n) is 12.8. The fourth-order valence-corrected chi connectivity index (χ4v) is 3.76. The zero-order valence-corrected chi connectivity index (χ0v) is 14.4. The molecule has 3 rings (SSSR count). The van der Waals surface area contributed by atoms with Gasteiger partial charge in [0.25, 0.3) is 5.91 Å². The lowest BCUT2D eigenvalue weighted by Gasteiger charge is -2.29. The van der Waals surface area contributed by atoms with E-state index in [1.807, 2.05) is 6.07 Å². The van der Waals surface area contributed by atoms with E-state index >= 15 is 0 Å². The molecule has 0 aliphatic heterocycles. The summed E-state index contributed by atoms with van der Waals surface area (Å²) in [5, 5.41) is 3.08. The molecule has 0 unspecified atom stereocenters. The lowest BCUT2D eigenvalue weighted by molar-refractivity contribution is 0.0925. The SMILES string of the molecule is O=C(NC1CCC(c2ccccc2)CC1)c1ccc(F)cc1Br. The molecule has 0 aromatic heterocycles. The van der Waals surface area contributed by atoms with Crippen molar-refractivity contribution in [1.29, 1.82) is 0 Å². The molecule has 1 N–H and O–H groups in total. The molecule has 0 spiro atoms. The minimum absolute atomic E-state index is 0.139. The Morgan fingerprint density at radius 3 is 2.39 bits per heavy atom. The van der Waals surface area contributed by atoms with Crippen LogP contribution in [-0.4, -0.2) is 11.9 Å². The molecule has 0 bridgehead atoms. The smallest absolute Gasteiger partial charge is 0.252 e. The summed E-state index contributed by atoms with van der Waals surface area (Å²) in [6.07, 6.45) is 4.12. The average Bonchev–Trinajstić information content (AvgIpc) is 2.56. The van der Waals surface area contributed by atoms with Crippen LogP contribution in [0.4, 0.5) is 4.39 Å². The molecule has 2 nitrogen and oxygen atoms in total. The van der Waals surface area contributed by atoms with E-state index < -0.39 is 0 Å². The van der Waals surface area contributed by atoms with Crippen LogP contribution < -0.4 is 5.32 Å². The standard InChI is InChI=1S/C19H19BrFNO/c20-18-12-15(21)8-11-17(18)19(23)22-16-9-6-14(7-10-16)13-4-2-1-3-5-13/h1-5,8,11-12,14,16H,6-7,9-10H2,(H,22,23). The molecule has 0 atom stereocenters. The van der Waals surface area contributed by atoms with Gasteiger partial charge in [0.05, 0.1) is 5.56 Å². The number of carbonyl (C=O) groups is 1. The third kappa shape index (κ3) is 3.99. The molecule has 1 saturated carbocycles. The van der Waals surface area contributed by atoms with E-state index in [0.717, 1.165) is 25.7 Å². The summed E-state index contributed by atoms with van der Waals surface area (Å²) in [7, 11) is 0. The Morgan fingerprint density at radius 1 is 1.04 bits per heavy atom. The van der Waals surface area contributed by atoms with Gasteiger partial charge in [-0.1, -0.05) is 30.3 Å². The summed E-state index contributed by atoms with van der Waals surface area (Å²) >= 11 is 3.25. The average molecular weight is 376 g/mol. The van der Waals surface area contributed by atoms with Crippen molar-refractivity contribution in [2.45, 2.75) is 37.6 Å². The van der Waals surface area contributed by atoms with Crippen LogP contribution in [-0.2, 0) is 0 Å². The first-order valence-corrected chi connectivity index (χ1v) is 8.73. The molecule has 0 saturated heterocycles. The second-order valence-electron chi connectivity index (χ2n) is 6.06. The first-order valence-electron chi connectivity index (χ1n) is 7.94. The molecule has 0 radical (unpaired) electrons. The van der Waals surface area contributed by atoms with Crippen LogP contribution in [0.2, 0.25) is 0 Å². The molecule has 1 fully saturated rings. The Hall–Kier alpha value is -1.68. The van der Waals surface area contributed by atoms with Gasteiger partial charge in [-0.25, -0.2) is 4.39 Å². The fourth-order valence-electron chi connectivity index (χ4n) is 3.23. The largest absolute Gasteiger partial charge is 0.349 e. The second-order valence-corrected chi connectivity index (χ2v) is 6.91. The number of nitrogens with one attached hydrogen (secondary N) is 1. The Bertz CT molecular complexity index is 681. The fraction of sp³-hybridized carbons (Fsp3) is 0.316. The van der Waals surface area contributed by atoms with Crippen LogP contribution in [0.5, 0.6) is 0 Å². The van der Waals surface area contributed by atoms with Crippen LogP contribution in [0.3, 0.4) is 0 Å². The van der Waals surface area contributed by atoms with Gasteiger partial charge in [-0.05, 0) is 71.3 Å². The first-order chi connectivity index (χ1) is 11.1. The van der Waals surface area contributed by atoms with Crippen molar-refractivity contribution < 1.29 is 9.18 Å². The highest BCUT2D eigenvalue weighted by Gasteiger charge is 2.24. The predicted molar refractivity (Wildman–Crippen MR) is 93.0 cm³/mol. The highest BCUT2D eigenvalue weighted by Crippen LogP contribution is 2.32. The molecule has 0 heterocycles. The van der Waals surface area contributed by atoms with Gasteiger partial charge in [0.1, 0.15) is 5.82 Å². The van der Waals surface area contributed by atoms with Crippen LogP contribution >= 0.6 is 15.9 Å². The third-order valence-corrected chi connectivity index (χ3v) is 5.17. The number of rotatable bonds is 3. The summed E-state index contributed by atoms with van der Waals surface area (Å²) in [6, 6.07) is 14.9. The maximum atomic E-state index is 13.1. The van der Waals surface area contributed by atoms with Gasteiger partial charge >= 0.3 is 0 Å².